The van der Waals surface area contributed by atoms with Gasteiger partial charge in [0.25, 0.3) is 0 Å². The van der Waals surface area contributed by atoms with Crippen LogP contribution in [0.4, 0.5) is 0 Å². The molecule has 0 spiro atoms. The molecule has 0 aliphatic carbocycles. The molecule has 5 nitrogen and oxygen atoms in total. The predicted molar refractivity (Wildman–Crippen MR) is 133 cm³/mol. The predicted octanol–water partition coefficient (Wildman–Crippen LogP) is 5.23. The third-order valence-corrected chi connectivity index (χ3v) is 8.52. The fraction of sp³-hybridized carbons (Fsp3) is 0.600. The number of benzene rings is 1. The van der Waals surface area contributed by atoms with Gasteiger partial charge >= 0.3 is 5.97 Å². The van der Waals surface area contributed by atoms with E-state index in [9.17, 15) is 14.9 Å². The minimum atomic E-state index is -0.841. The zero-order valence-corrected chi connectivity index (χ0v) is 21.4. The van der Waals surface area contributed by atoms with Crippen LogP contribution in [0.3, 0.4) is 0 Å². The first-order valence-electron chi connectivity index (χ1n) is 11.1. The molecule has 32 heavy (non-hydrogen) atoms. The Morgan fingerprint density at radius 1 is 1.28 bits per heavy atom. The van der Waals surface area contributed by atoms with E-state index in [0.717, 1.165) is 22.7 Å². The molecule has 1 aliphatic rings. The number of carbonyl (C=O) groups is 2. The number of likely N-dealkylation sites (tertiary alicyclic amines) is 1. The minimum absolute atomic E-state index is 0.0291. The van der Waals surface area contributed by atoms with Crippen molar-refractivity contribution in [3.63, 3.8) is 0 Å². The average molecular weight is 475 g/mol. The van der Waals surface area contributed by atoms with E-state index in [1.54, 1.807) is 4.90 Å². The lowest BCUT2D eigenvalue weighted by Crippen LogP contribution is -2.43. The van der Waals surface area contributed by atoms with Gasteiger partial charge in [-0.15, -0.1) is 11.8 Å². The van der Waals surface area contributed by atoms with Gasteiger partial charge < -0.3 is 9.64 Å². The Kier molecular flexibility index (Phi) is 9.29. The summed E-state index contributed by atoms with van der Waals surface area (Å²) in [5.41, 5.74) is -0.465. The first kappa shape index (κ1) is 26.3. The van der Waals surface area contributed by atoms with E-state index in [4.69, 9.17) is 17.0 Å². The van der Waals surface area contributed by atoms with Crippen LogP contribution in [0.1, 0.15) is 59.4 Å². The molecule has 1 saturated heterocycles. The maximum atomic E-state index is 13.4. The number of hydrogen-bond donors (Lipinski definition) is 0. The number of esters is 1. The summed E-state index contributed by atoms with van der Waals surface area (Å²) in [4.78, 5) is 26.9. The number of rotatable bonds is 10. The highest BCUT2D eigenvalue weighted by atomic mass is 32.2. The van der Waals surface area contributed by atoms with Gasteiger partial charge in [-0.2, -0.15) is 5.26 Å². The van der Waals surface area contributed by atoms with E-state index in [-0.39, 0.29) is 29.7 Å². The maximum Gasteiger partial charge on any atom is 0.312 e. The normalized spacial score (nSPS) is 17.9. The Labute approximate surface area is 201 Å². The smallest absolute Gasteiger partial charge is 0.312 e. The van der Waals surface area contributed by atoms with Gasteiger partial charge in [0, 0.05) is 18.2 Å². The average Bonchev–Trinajstić information content (AvgIpc) is 3.18. The molecule has 3 unspecified atom stereocenters. The lowest BCUT2D eigenvalue weighted by Gasteiger charge is -2.38. The molecule has 1 heterocycles. The molecule has 0 bridgehead atoms. The van der Waals surface area contributed by atoms with E-state index >= 15 is 0 Å². The van der Waals surface area contributed by atoms with Gasteiger partial charge in [-0.05, 0) is 45.1 Å². The monoisotopic (exact) mass is 474 g/mol. The second kappa shape index (κ2) is 11.3. The molecule has 0 saturated carbocycles. The molecule has 2 rings (SSSR count). The number of nitrogens with zero attached hydrogens (tertiary/aromatic N) is 2. The van der Waals surface area contributed by atoms with Crippen molar-refractivity contribution in [1.29, 1.82) is 5.26 Å². The molecule has 1 aromatic carbocycles. The van der Waals surface area contributed by atoms with Crippen molar-refractivity contribution in [3.8, 4) is 6.07 Å². The van der Waals surface area contributed by atoms with E-state index in [1.807, 2.05) is 65.0 Å². The SMILES string of the molecule is CC(CC(C)(C(=O)OCCN1CCCC1=O)C(C)SC(=S)c1ccccc1)C(C)(C)C#N. The van der Waals surface area contributed by atoms with Crippen LogP contribution >= 0.6 is 24.0 Å². The highest BCUT2D eigenvalue weighted by Gasteiger charge is 2.45. The highest BCUT2D eigenvalue weighted by Crippen LogP contribution is 2.43. The first-order valence-corrected chi connectivity index (χ1v) is 12.4. The number of carbonyl (C=O) groups excluding carboxylic acids is 2. The van der Waals surface area contributed by atoms with Crippen molar-refractivity contribution in [1.82, 2.24) is 4.90 Å². The number of nitriles is 1. The van der Waals surface area contributed by atoms with Crippen LogP contribution in [0, 0.1) is 28.1 Å². The van der Waals surface area contributed by atoms with Crippen molar-refractivity contribution in [2.45, 2.75) is 59.1 Å². The first-order chi connectivity index (χ1) is 15.0. The van der Waals surface area contributed by atoms with E-state index in [1.165, 1.54) is 11.8 Å². The van der Waals surface area contributed by atoms with Crippen LogP contribution in [0.2, 0.25) is 0 Å². The number of thioether (sulfide) groups is 1. The van der Waals surface area contributed by atoms with Gasteiger partial charge in [-0.1, -0.05) is 56.4 Å². The van der Waals surface area contributed by atoms with Gasteiger partial charge in [-0.25, -0.2) is 0 Å². The summed E-state index contributed by atoms with van der Waals surface area (Å²) in [5.74, 6) is -0.218. The Morgan fingerprint density at radius 3 is 2.50 bits per heavy atom. The van der Waals surface area contributed by atoms with Crippen LogP contribution in [0.15, 0.2) is 30.3 Å². The fourth-order valence-electron chi connectivity index (χ4n) is 3.70. The van der Waals surface area contributed by atoms with Gasteiger partial charge in [0.15, 0.2) is 0 Å². The van der Waals surface area contributed by atoms with Crippen LogP contribution in [-0.4, -0.2) is 45.9 Å². The van der Waals surface area contributed by atoms with Crippen LogP contribution < -0.4 is 0 Å². The number of thiocarbonyl (C=S) groups is 1. The van der Waals surface area contributed by atoms with Gasteiger partial charge in [-0.3, -0.25) is 9.59 Å². The molecular weight excluding hydrogens is 440 g/mol. The van der Waals surface area contributed by atoms with Gasteiger partial charge in [0.2, 0.25) is 5.91 Å². The molecule has 0 N–H and O–H groups in total. The summed E-state index contributed by atoms with van der Waals surface area (Å²) in [5, 5.41) is 9.43. The topological polar surface area (TPSA) is 70.4 Å². The third-order valence-electron chi connectivity index (χ3n) is 6.67. The molecule has 0 radical (unpaired) electrons. The summed E-state index contributed by atoms with van der Waals surface area (Å²) in [6, 6.07) is 12.1. The molecule has 174 valence electrons. The number of hydrogen-bond acceptors (Lipinski definition) is 6. The Morgan fingerprint density at radius 2 is 1.94 bits per heavy atom. The zero-order chi connectivity index (χ0) is 23.9. The second-order valence-electron chi connectivity index (χ2n) is 9.39. The molecule has 1 aromatic rings. The Balaban J connectivity index is 2.15. The Hall–Kier alpha value is -1.91. The highest BCUT2D eigenvalue weighted by molar-refractivity contribution is 8.24. The summed E-state index contributed by atoms with van der Waals surface area (Å²) < 4.78 is 6.43. The second-order valence-corrected chi connectivity index (χ2v) is 11.4. The molecule has 7 heteroatoms. The summed E-state index contributed by atoms with van der Waals surface area (Å²) in [6.45, 7) is 11.0. The van der Waals surface area contributed by atoms with Crippen molar-refractivity contribution in [2.75, 3.05) is 19.7 Å². The van der Waals surface area contributed by atoms with Crippen molar-refractivity contribution < 1.29 is 14.3 Å². The third kappa shape index (κ3) is 6.55. The molecule has 3 atom stereocenters. The van der Waals surface area contributed by atoms with Gasteiger partial charge in [0.1, 0.15) is 6.61 Å². The minimum Gasteiger partial charge on any atom is -0.463 e. The molecule has 1 fully saturated rings. The van der Waals surface area contributed by atoms with E-state index in [0.29, 0.717) is 19.4 Å². The quantitative estimate of drug-likeness (QED) is 0.341. The molecule has 1 aliphatic heterocycles. The van der Waals surface area contributed by atoms with Crippen molar-refractivity contribution in [2.24, 2.45) is 16.7 Å². The molecule has 0 aromatic heterocycles. The molecular formula is C25H34N2O3S2. The van der Waals surface area contributed by atoms with Gasteiger partial charge in [0.05, 0.1) is 27.6 Å². The molecule has 1 amide bonds. The van der Waals surface area contributed by atoms with Crippen LogP contribution in [0.25, 0.3) is 0 Å². The number of amides is 1. The summed E-state index contributed by atoms with van der Waals surface area (Å²) in [7, 11) is 0. The lowest BCUT2D eigenvalue weighted by molar-refractivity contribution is -0.157. The van der Waals surface area contributed by atoms with E-state index < -0.39 is 10.8 Å². The summed E-state index contributed by atoms with van der Waals surface area (Å²) >= 11 is 7.14. The maximum absolute atomic E-state index is 13.4. The van der Waals surface area contributed by atoms with Crippen LogP contribution in [0.5, 0.6) is 0 Å². The number of ether oxygens (including phenoxy) is 1. The van der Waals surface area contributed by atoms with E-state index in [2.05, 4.69) is 6.07 Å². The lowest BCUT2D eigenvalue weighted by atomic mass is 9.70. The largest absolute Gasteiger partial charge is 0.463 e. The van der Waals surface area contributed by atoms with Crippen LogP contribution in [-0.2, 0) is 14.3 Å². The standard InChI is InChI=1S/C25H34N2O3S2/c1-18(24(3,4)17-26)16-25(5,19(2)32-22(31)20-10-7-6-8-11-20)23(29)30-15-14-27-13-9-12-21(27)28/h6-8,10-11,18-19H,9,12-16H2,1-5H3. The fourth-order valence-corrected chi connectivity index (χ4v) is 5.32. The summed E-state index contributed by atoms with van der Waals surface area (Å²) in [6.07, 6.45) is 1.92. The Bertz CT molecular complexity index is 866. The van der Waals surface area contributed by atoms with Crippen molar-refractivity contribution >= 4 is 40.1 Å². The zero-order valence-electron chi connectivity index (χ0n) is 19.7. The van der Waals surface area contributed by atoms with Crippen molar-refractivity contribution in [3.05, 3.63) is 35.9 Å².